The Labute approximate surface area is 174 Å². The second kappa shape index (κ2) is 8.28. The van der Waals surface area contributed by atoms with Gasteiger partial charge in [0.25, 0.3) is 5.95 Å². The van der Waals surface area contributed by atoms with Crippen molar-refractivity contribution in [2.45, 2.75) is 18.4 Å². The first-order valence-corrected chi connectivity index (χ1v) is 10.2. The third kappa shape index (κ3) is 3.93. The summed E-state index contributed by atoms with van der Waals surface area (Å²) < 4.78 is 13.3. The zero-order valence-electron chi connectivity index (χ0n) is 15.9. The molecule has 4 aromatic rings. The molecule has 0 aliphatic rings. The highest BCUT2D eigenvalue weighted by atomic mass is 32.2. The molecule has 12 heteroatoms. The Morgan fingerprint density at radius 2 is 2.00 bits per heavy atom. The maximum Gasteiger partial charge on any atom is 0.488 e. The number of rotatable bonds is 6. The molecule has 2 aromatic carbocycles. The maximum atomic E-state index is 11.8. The first-order valence-electron chi connectivity index (χ1n) is 8.97. The Morgan fingerprint density at radius 1 is 1.20 bits per heavy atom. The Morgan fingerprint density at radius 3 is 2.77 bits per heavy atom. The van der Waals surface area contributed by atoms with Gasteiger partial charge in [0.2, 0.25) is 0 Å². The van der Waals surface area contributed by atoms with E-state index in [1.54, 1.807) is 49.5 Å². The fraction of sp³-hybridized carbons (Fsp3) is 0.111. The van der Waals surface area contributed by atoms with Gasteiger partial charge < -0.3 is 15.4 Å². The third-order valence-electron chi connectivity index (χ3n) is 4.53. The van der Waals surface area contributed by atoms with Crippen molar-refractivity contribution in [3.63, 3.8) is 0 Å². The largest absolute Gasteiger partial charge is 0.488 e. The van der Waals surface area contributed by atoms with Crippen LogP contribution < -0.4 is 15.9 Å². The van der Waals surface area contributed by atoms with Gasteiger partial charge in [-0.3, -0.25) is 0 Å². The Balaban J connectivity index is 1.64. The number of benzene rings is 2. The van der Waals surface area contributed by atoms with Crippen LogP contribution in [0.5, 0.6) is 0 Å². The van der Waals surface area contributed by atoms with Gasteiger partial charge >= 0.3 is 7.12 Å². The standard InChI is InChI=1S/C18H18BN7O3S/c1-11-17(21-9-12-4-2-5-13(8-12)19(27)28)23-18(25-24-11)26-15-6-3-7-16(30(20)29)14(15)10-22-26/h2-8,10,27-28H,9,20H2,1H3,(H,21,23,25). The molecule has 0 radical (unpaired) electrons. The average Bonchev–Trinajstić information content (AvgIpc) is 3.17. The normalized spacial score (nSPS) is 12.1. The van der Waals surface area contributed by atoms with Crippen molar-refractivity contribution in [3.05, 3.63) is 59.9 Å². The van der Waals surface area contributed by atoms with Crippen molar-refractivity contribution in [2.24, 2.45) is 5.14 Å². The molecular formula is C18H18BN7O3S. The number of nitrogens with zero attached hydrogens (tertiary/aromatic N) is 5. The van der Waals surface area contributed by atoms with Crippen molar-refractivity contribution >= 4 is 40.3 Å². The lowest BCUT2D eigenvalue weighted by Gasteiger charge is -2.10. The quantitative estimate of drug-likeness (QED) is 0.311. The minimum Gasteiger partial charge on any atom is -0.423 e. The van der Waals surface area contributed by atoms with E-state index in [1.807, 2.05) is 6.07 Å². The summed E-state index contributed by atoms with van der Waals surface area (Å²) in [5.74, 6) is 0.759. The molecular weight excluding hydrogens is 405 g/mol. The second-order valence-corrected chi connectivity index (χ2v) is 7.60. The van der Waals surface area contributed by atoms with Gasteiger partial charge in [-0.25, -0.2) is 9.35 Å². The molecule has 4 rings (SSSR count). The average molecular weight is 423 g/mol. The van der Waals surface area contributed by atoms with Crippen LogP contribution >= 0.6 is 0 Å². The van der Waals surface area contributed by atoms with E-state index in [0.29, 0.717) is 39.3 Å². The summed E-state index contributed by atoms with van der Waals surface area (Å²) in [5.41, 5.74) is 2.51. The minimum atomic E-state index is -1.64. The van der Waals surface area contributed by atoms with Gasteiger partial charge in [0.05, 0.1) is 16.6 Å². The van der Waals surface area contributed by atoms with E-state index in [9.17, 15) is 14.3 Å². The molecule has 0 bridgehead atoms. The minimum absolute atomic E-state index is 0.248. The Kier molecular flexibility index (Phi) is 5.55. The maximum absolute atomic E-state index is 11.8. The number of nitrogens with one attached hydrogen (secondary N) is 1. The third-order valence-corrected chi connectivity index (χ3v) is 5.32. The lowest BCUT2D eigenvalue weighted by molar-refractivity contribution is 0.425. The topological polar surface area (TPSA) is 152 Å². The van der Waals surface area contributed by atoms with Crippen LogP contribution in [-0.2, 0) is 17.5 Å². The summed E-state index contributed by atoms with van der Waals surface area (Å²) in [6.45, 7) is 2.17. The van der Waals surface area contributed by atoms with Gasteiger partial charge in [-0.05, 0) is 30.1 Å². The van der Waals surface area contributed by atoms with Crippen LogP contribution in [0.25, 0.3) is 16.9 Å². The molecule has 0 saturated heterocycles. The summed E-state index contributed by atoms with van der Waals surface area (Å²) >= 11 is 0. The molecule has 1 unspecified atom stereocenters. The van der Waals surface area contributed by atoms with Crippen molar-refractivity contribution < 1.29 is 14.3 Å². The van der Waals surface area contributed by atoms with Crippen LogP contribution in [0.1, 0.15) is 11.3 Å². The van der Waals surface area contributed by atoms with E-state index >= 15 is 0 Å². The molecule has 0 saturated carbocycles. The number of nitrogens with two attached hydrogens (primary N) is 1. The van der Waals surface area contributed by atoms with E-state index < -0.39 is 18.1 Å². The van der Waals surface area contributed by atoms with Gasteiger partial charge in [-0.1, -0.05) is 30.3 Å². The number of aryl methyl sites for hydroxylation is 1. The number of fused-ring (bicyclic) bond motifs is 1. The molecule has 30 heavy (non-hydrogen) atoms. The van der Waals surface area contributed by atoms with Crippen molar-refractivity contribution in [3.8, 4) is 5.95 Å². The number of aromatic nitrogens is 5. The van der Waals surface area contributed by atoms with Crippen molar-refractivity contribution in [2.75, 3.05) is 5.32 Å². The molecule has 0 aliphatic carbocycles. The van der Waals surface area contributed by atoms with Gasteiger partial charge in [0.15, 0.2) is 5.82 Å². The molecule has 0 aliphatic heterocycles. The van der Waals surface area contributed by atoms with Crippen LogP contribution in [0.15, 0.2) is 53.6 Å². The molecule has 152 valence electrons. The lowest BCUT2D eigenvalue weighted by Crippen LogP contribution is -2.30. The highest BCUT2D eigenvalue weighted by molar-refractivity contribution is 7.83. The van der Waals surface area contributed by atoms with Crippen molar-refractivity contribution in [1.82, 2.24) is 25.0 Å². The second-order valence-electron chi connectivity index (χ2n) is 6.56. The van der Waals surface area contributed by atoms with E-state index in [2.05, 4.69) is 25.6 Å². The molecule has 0 amide bonds. The lowest BCUT2D eigenvalue weighted by atomic mass is 9.80. The summed E-state index contributed by atoms with van der Waals surface area (Å²) in [7, 11) is -3.17. The van der Waals surface area contributed by atoms with Gasteiger partial charge in [0.1, 0.15) is 16.7 Å². The van der Waals surface area contributed by atoms with Gasteiger partial charge in [-0.2, -0.15) is 14.8 Å². The number of hydrogen-bond acceptors (Lipinski definition) is 8. The van der Waals surface area contributed by atoms with E-state index in [0.717, 1.165) is 5.56 Å². The summed E-state index contributed by atoms with van der Waals surface area (Å²) in [6.07, 6.45) is 1.57. The van der Waals surface area contributed by atoms with Crippen LogP contribution in [0.4, 0.5) is 5.82 Å². The predicted molar refractivity (Wildman–Crippen MR) is 113 cm³/mol. The SMILES string of the molecule is Cc1nnc(-n2ncc3c(S(N)=O)cccc32)nc1NCc1cccc(B(O)O)c1. The number of anilines is 1. The van der Waals surface area contributed by atoms with Crippen LogP contribution in [-0.4, -0.2) is 46.3 Å². The van der Waals surface area contributed by atoms with Gasteiger partial charge in [0, 0.05) is 11.9 Å². The van der Waals surface area contributed by atoms with E-state index in [4.69, 9.17) is 5.14 Å². The van der Waals surface area contributed by atoms with Crippen LogP contribution in [0.2, 0.25) is 0 Å². The zero-order valence-corrected chi connectivity index (χ0v) is 16.7. The number of hydrogen-bond donors (Lipinski definition) is 4. The molecule has 2 heterocycles. The summed E-state index contributed by atoms with van der Waals surface area (Å²) in [5, 5.41) is 40.6. The summed E-state index contributed by atoms with van der Waals surface area (Å²) in [4.78, 5) is 5.00. The first kappa shape index (κ1) is 20.1. The summed E-state index contributed by atoms with van der Waals surface area (Å²) in [6, 6.07) is 12.2. The van der Waals surface area contributed by atoms with Crippen LogP contribution in [0, 0.1) is 6.92 Å². The van der Waals surface area contributed by atoms with Crippen LogP contribution in [0.3, 0.4) is 0 Å². The van der Waals surface area contributed by atoms with E-state index in [-0.39, 0.29) is 5.95 Å². The molecule has 0 spiro atoms. The highest BCUT2D eigenvalue weighted by Gasteiger charge is 2.15. The molecule has 0 fully saturated rings. The fourth-order valence-corrected chi connectivity index (χ4v) is 3.62. The molecule has 5 N–H and O–H groups in total. The van der Waals surface area contributed by atoms with E-state index in [1.165, 1.54) is 4.68 Å². The highest BCUT2D eigenvalue weighted by Crippen LogP contribution is 2.22. The molecule has 10 nitrogen and oxygen atoms in total. The first-order chi connectivity index (χ1) is 14.4. The van der Waals surface area contributed by atoms with Gasteiger partial charge in [-0.15, -0.1) is 10.2 Å². The zero-order chi connectivity index (χ0) is 21.3. The molecule has 1 atom stereocenters. The monoisotopic (exact) mass is 423 g/mol. The smallest absolute Gasteiger partial charge is 0.423 e. The predicted octanol–water partition coefficient (Wildman–Crippen LogP) is -0.208. The van der Waals surface area contributed by atoms with Crippen molar-refractivity contribution in [1.29, 1.82) is 0 Å². The Bertz CT molecular complexity index is 1250. The Hall–Kier alpha value is -3.19. The molecule has 2 aromatic heterocycles. The fourth-order valence-electron chi connectivity index (χ4n) is 3.04.